The first-order valence-electron chi connectivity index (χ1n) is 15.9. The van der Waals surface area contributed by atoms with E-state index < -0.39 is 0 Å². The highest BCUT2D eigenvalue weighted by Crippen LogP contribution is 2.44. The Bertz CT molecular complexity index is 2790. The normalized spacial score (nSPS) is 11.3. The Morgan fingerprint density at radius 2 is 1.21 bits per heavy atom. The zero-order chi connectivity index (χ0) is 32.2. The minimum absolute atomic E-state index is 0.522. The molecule has 9 rings (SSSR count). The molecule has 2 aromatic heterocycles. The van der Waals surface area contributed by atoms with E-state index in [1.165, 1.54) is 32.6 Å². The molecule has 48 heavy (non-hydrogen) atoms. The van der Waals surface area contributed by atoms with Crippen LogP contribution in [0.15, 0.2) is 158 Å². The lowest BCUT2D eigenvalue weighted by molar-refractivity contribution is 1.17. The minimum atomic E-state index is 0.522. The van der Waals surface area contributed by atoms with Crippen molar-refractivity contribution >= 4 is 49.3 Å². The molecule has 0 N–H and O–H groups in total. The molecule has 0 spiro atoms. The fraction of sp³-hybridized carbons (Fsp3) is 0. The maximum absolute atomic E-state index is 9.66. The van der Waals surface area contributed by atoms with Crippen molar-refractivity contribution in [3.05, 3.63) is 175 Å². The van der Waals surface area contributed by atoms with Crippen molar-refractivity contribution in [2.75, 3.05) is 0 Å². The van der Waals surface area contributed by atoms with Crippen LogP contribution in [0.1, 0.15) is 5.56 Å². The second kappa shape index (κ2) is 10.9. The van der Waals surface area contributed by atoms with Crippen molar-refractivity contribution in [3.63, 3.8) is 0 Å². The molecule has 222 valence electrons. The third-order valence-electron chi connectivity index (χ3n) is 9.36. The largest absolute Gasteiger partial charge is 0.309 e. The van der Waals surface area contributed by atoms with Gasteiger partial charge in [0.2, 0.25) is 0 Å². The van der Waals surface area contributed by atoms with Crippen molar-refractivity contribution in [3.8, 4) is 39.7 Å². The SMILES string of the molecule is [C-]#[N+]c1ccc(C#N)cc1-c1ccc(-n2c3ccccc3c3c2ccc2c4ccccc4n(-c4ccccc4)c23)c(-c2ccccc2)c1. The summed E-state index contributed by atoms with van der Waals surface area (Å²) in [4.78, 5) is 3.79. The quantitative estimate of drug-likeness (QED) is 0.183. The minimum Gasteiger partial charge on any atom is -0.309 e. The van der Waals surface area contributed by atoms with Crippen molar-refractivity contribution in [2.24, 2.45) is 0 Å². The molecule has 0 bridgehead atoms. The van der Waals surface area contributed by atoms with Gasteiger partial charge in [0.05, 0.1) is 46.0 Å². The van der Waals surface area contributed by atoms with Crippen LogP contribution in [0.3, 0.4) is 0 Å². The van der Waals surface area contributed by atoms with Gasteiger partial charge >= 0.3 is 0 Å². The van der Waals surface area contributed by atoms with Crippen molar-refractivity contribution in [1.29, 1.82) is 5.26 Å². The first kappa shape index (κ1) is 27.4. The van der Waals surface area contributed by atoms with Crippen LogP contribution in [-0.4, -0.2) is 9.13 Å². The van der Waals surface area contributed by atoms with E-state index in [0.29, 0.717) is 11.3 Å². The topological polar surface area (TPSA) is 38.0 Å². The average Bonchev–Trinajstić information content (AvgIpc) is 3.68. The van der Waals surface area contributed by atoms with E-state index in [-0.39, 0.29) is 0 Å². The van der Waals surface area contributed by atoms with Crippen LogP contribution >= 0.6 is 0 Å². The van der Waals surface area contributed by atoms with Crippen LogP contribution in [0.5, 0.6) is 0 Å². The lowest BCUT2D eigenvalue weighted by Crippen LogP contribution is -1.98. The van der Waals surface area contributed by atoms with Gasteiger partial charge in [-0.25, -0.2) is 4.85 Å². The van der Waals surface area contributed by atoms with Crippen LogP contribution in [0.2, 0.25) is 0 Å². The van der Waals surface area contributed by atoms with Gasteiger partial charge in [0.15, 0.2) is 5.69 Å². The molecule has 0 atom stereocenters. The molecular formula is C44H26N4. The molecule has 0 unspecified atom stereocenters. The molecule has 4 nitrogen and oxygen atoms in total. The standard InChI is InChI=1S/C44H26N4/c1-46-38-23-20-29(28-45)26-36(38)31-21-24-41(37(27-31)30-12-4-2-5-13-30)48-40-19-11-9-17-35(40)43-42(48)25-22-34-33-16-8-10-18-39(33)47(44(34)43)32-14-6-3-7-15-32/h2-27H. The maximum atomic E-state index is 9.66. The first-order chi connectivity index (χ1) is 23.7. The van der Waals surface area contributed by atoms with Gasteiger partial charge in [-0.15, -0.1) is 0 Å². The summed E-state index contributed by atoms with van der Waals surface area (Å²) < 4.78 is 4.78. The molecule has 0 radical (unpaired) electrons. The summed E-state index contributed by atoms with van der Waals surface area (Å²) in [7, 11) is 0. The van der Waals surface area contributed by atoms with Crippen molar-refractivity contribution in [1.82, 2.24) is 9.13 Å². The Morgan fingerprint density at radius 3 is 1.96 bits per heavy atom. The number of nitriles is 1. The number of benzene rings is 7. The zero-order valence-electron chi connectivity index (χ0n) is 25.8. The summed E-state index contributed by atoms with van der Waals surface area (Å²) in [6.07, 6.45) is 0. The van der Waals surface area contributed by atoms with Crippen LogP contribution in [0, 0.1) is 17.9 Å². The Morgan fingerprint density at radius 1 is 0.521 bits per heavy atom. The molecule has 7 aromatic carbocycles. The van der Waals surface area contributed by atoms with Gasteiger partial charge in [-0.1, -0.05) is 109 Å². The van der Waals surface area contributed by atoms with Crippen LogP contribution < -0.4 is 0 Å². The lowest BCUT2D eigenvalue weighted by atomic mass is 9.95. The summed E-state index contributed by atoms with van der Waals surface area (Å²) in [6.45, 7) is 7.84. The van der Waals surface area contributed by atoms with Crippen molar-refractivity contribution in [2.45, 2.75) is 0 Å². The Hall–Kier alpha value is -6.88. The lowest BCUT2D eigenvalue weighted by Gasteiger charge is -2.17. The molecule has 4 heteroatoms. The Balaban J connectivity index is 1.41. The van der Waals surface area contributed by atoms with Gasteiger partial charge in [0, 0.05) is 32.8 Å². The van der Waals surface area contributed by atoms with Crippen LogP contribution in [0.4, 0.5) is 5.69 Å². The van der Waals surface area contributed by atoms with E-state index in [1.54, 1.807) is 12.1 Å². The van der Waals surface area contributed by atoms with Gasteiger partial charge < -0.3 is 9.13 Å². The predicted molar refractivity (Wildman–Crippen MR) is 197 cm³/mol. The molecule has 2 heterocycles. The highest BCUT2D eigenvalue weighted by atomic mass is 15.0. The fourth-order valence-corrected chi connectivity index (χ4v) is 7.30. The molecule has 9 aromatic rings. The summed E-state index contributed by atoms with van der Waals surface area (Å²) >= 11 is 0. The second-order valence-electron chi connectivity index (χ2n) is 12.0. The van der Waals surface area contributed by atoms with Gasteiger partial charge in [-0.2, -0.15) is 5.26 Å². The molecular weight excluding hydrogens is 585 g/mol. The Labute approximate surface area is 277 Å². The van der Waals surface area contributed by atoms with E-state index in [0.717, 1.165) is 44.7 Å². The molecule has 0 amide bonds. The van der Waals surface area contributed by atoms with Gasteiger partial charge in [-0.05, 0) is 65.2 Å². The number of nitrogens with zero attached hydrogens (tertiary/aromatic N) is 4. The van der Waals surface area contributed by atoms with E-state index in [9.17, 15) is 5.26 Å². The number of para-hydroxylation sites is 3. The number of rotatable bonds is 4. The maximum Gasteiger partial charge on any atom is 0.194 e. The predicted octanol–water partition coefficient (Wildman–Crippen LogP) is 11.6. The van der Waals surface area contributed by atoms with E-state index in [2.05, 4.69) is 154 Å². The zero-order valence-corrected chi connectivity index (χ0v) is 25.8. The molecule has 0 fully saturated rings. The number of aromatic nitrogens is 2. The van der Waals surface area contributed by atoms with Crippen molar-refractivity contribution < 1.29 is 0 Å². The smallest absolute Gasteiger partial charge is 0.194 e. The molecule has 0 aliphatic rings. The third kappa shape index (κ3) is 4.07. The van der Waals surface area contributed by atoms with E-state index in [4.69, 9.17) is 6.57 Å². The Kier molecular flexibility index (Phi) is 6.22. The van der Waals surface area contributed by atoms with Gasteiger partial charge in [0.25, 0.3) is 0 Å². The van der Waals surface area contributed by atoms with Gasteiger partial charge in [-0.3, -0.25) is 0 Å². The molecule has 0 aliphatic carbocycles. The number of hydrogen-bond acceptors (Lipinski definition) is 1. The van der Waals surface area contributed by atoms with Gasteiger partial charge in [0.1, 0.15) is 0 Å². The second-order valence-corrected chi connectivity index (χ2v) is 12.0. The number of hydrogen-bond donors (Lipinski definition) is 0. The first-order valence-corrected chi connectivity index (χ1v) is 15.9. The van der Waals surface area contributed by atoms with Crippen LogP contribution in [-0.2, 0) is 0 Å². The summed E-state index contributed by atoms with van der Waals surface area (Å²) in [5.41, 5.74) is 11.6. The monoisotopic (exact) mass is 610 g/mol. The molecule has 0 aliphatic heterocycles. The van der Waals surface area contributed by atoms with Crippen LogP contribution in [0.25, 0.3) is 82.1 Å². The van der Waals surface area contributed by atoms with E-state index in [1.807, 2.05) is 12.1 Å². The number of fused-ring (bicyclic) bond motifs is 7. The summed E-state index contributed by atoms with van der Waals surface area (Å²) in [5.74, 6) is 0. The molecule has 0 saturated carbocycles. The average molecular weight is 611 g/mol. The highest BCUT2D eigenvalue weighted by molar-refractivity contribution is 6.26. The molecule has 0 saturated heterocycles. The summed E-state index contributed by atoms with van der Waals surface area (Å²) in [6, 6.07) is 56.7. The third-order valence-corrected chi connectivity index (χ3v) is 9.36. The highest BCUT2D eigenvalue weighted by Gasteiger charge is 2.22. The summed E-state index contributed by atoms with van der Waals surface area (Å²) in [5, 5.41) is 14.5. The fourth-order valence-electron chi connectivity index (χ4n) is 7.30. The van der Waals surface area contributed by atoms with E-state index >= 15 is 0 Å².